The molecular weight excluding hydrogens is 669 g/mol. The number of carbonyl (C=O) groups excluding carboxylic acids is 2. The lowest BCUT2D eigenvalue weighted by Crippen LogP contribution is -2.33. The van der Waals surface area contributed by atoms with Crippen molar-refractivity contribution in [3.8, 4) is 28.7 Å². The molecule has 5 rings (SSSR count). The number of benzene rings is 1. The Morgan fingerprint density at radius 3 is 2.29 bits per heavy atom. The zero-order valence-electron chi connectivity index (χ0n) is 29.5. The molecule has 16 heteroatoms. The quantitative estimate of drug-likeness (QED) is 0.152. The number of rotatable bonds is 12. The van der Waals surface area contributed by atoms with Crippen LogP contribution in [0.3, 0.4) is 0 Å². The minimum Gasteiger partial charge on any atom is -0.480 e. The van der Waals surface area contributed by atoms with Crippen LogP contribution >= 0.6 is 0 Å². The van der Waals surface area contributed by atoms with Crippen molar-refractivity contribution < 1.29 is 37.0 Å². The highest BCUT2D eigenvalue weighted by molar-refractivity contribution is 5.75. The highest BCUT2D eigenvalue weighted by atomic mass is 19.4. The molecule has 0 unspecified atom stereocenters. The Balaban J connectivity index is 1.53. The Labute approximate surface area is 293 Å². The van der Waals surface area contributed by atoms with Crippen molar-refractivity contribution in [3.05, 3.63) is 65.0 Å². The Hall–Kier alpha value is -5.28. The first kappa shape index (κ1) is 37.0. The van der Waals surface area contributed by atoms with E-state index in [2.05, 4.69) is 25.6 Å². The molecule has 0 radical (unpaired) electrons. The second kappa shape index (κ2) is 14.9. The van der Waals surface area contributed by atoms with E-state index in [9.17, 15) is 22.8 Å². The smallest absolute Gasteiger partial charge is 0.434 e. The molecule has 1 saturated carbocycles. The highest BCUT2D eigenvalue weighted by Crippen LogP contribution is 2.45. The number of carbonyl (C=O) groups is 2. The van der Waals surface area contributed by atoms with Gasteiger partial charge in [-0.1, -0.05) is 24.3 Å². The minimum atomic E-state index is -4.58. The summed E-state index contributed by atoms with van der Waals surface area (Å²) in [6, 6.07) is 6.68. The van der Waals surface area contributed by atoms with E-state index in [0.29, 0.717) is 22.5 Å². The van der Waals surface area contributed by atoms with E-state index >= 15 is 0 Å². The van der Waals surface area contributed by atoms with E-state index in [-0.39, 0.29) is 54.7 Å². The number of alkyl halides is 3. The molecule has 0 aliphatic heterocycles. The van der Waals surface area contributed by atoms with Gasteiger partial charge in [0.05, 0.1) is 38.6 Å². The Bertz CT molecular complexity index is 1880. The summed E-state index contributed by atoms with van der Waals surface area (Å²) in [6.45, 7) is 8.90. The number of amides is 1. The summed E-state index contributed by atoms with van der Waals surface area (Å²) in [5.74, 6) is 0.597. The summed E-state index contributed by atoms with van der Waals surface area (Å²) in [7, 11) is 2.75. The van der Waals surface area contributed by atoms with Crippen LogP contribution in [0.1, 0.15) is 87.6 Å². The average molecular weight is 711 g/mol. The predicted octanol–water partition coefficient (Wildman–Crippen LogP) is 6.64. The maximum Gasteiger partial charge on any atom is 0.434 e. The topological polar surface area (TPSA) is 155 Å². The zero-order valence-corrected chi connectivity index (χ0v) is 29.5. The van der Waals surface area contributed by atoms with Gasteiger partial charge in [0.15, 0.2) is 11.5 Å². The summed E-state index contributed by atoms with van der Waals surface area (Å²) in [5.41, 5.74) is 1.47. The number of anilines is 1. The lowest BCUT2D eigenvalue weighted by atomic mass is 10.1. The van der Waals surface area contributed by atoms with Crippen molar-refractivity contribution in [2.24, 2.45) is 0 Å². The molecule has 1 aliphatic carbocycles. The van der Waals surface area contributed by atoms with Crippen molar-refractivity contribution in [2.45, 2.75) is 90.7 Å². The lowest BCUT2D eigenvalue weighted by Gasteiger charge is -2.21. The summed E-state index contributed by atoms with van der Waals surface area (Å²) in [6.07, 6.45) is -1.20. The third-order valence-corrected chi connectivity index (χ3v) is 7.91. The van der Waals surface area contributed by atoms with E-state index in [4.69, 9.17) is 24.2 Å². The van der Waals surface area contributed by atoms with Crippen molar-refractivity contribution in [3.63, 3.8) is 0 Å². The number of imidazole rings is 1. The molecule has 0 spiro atoms. The van der Waals surface area contributed by atoms with Gasteiger partial charge < -0.3 is 29.4 Å². The molecule has 272 valence electrons. The largest absolute Gasteiger partial charge is 0.480 e. The minimum absolute atomic E-state index is 0.0971. The number of hydrogen-bond donors (Lipinski definition) is 2. The summed E-state index contributed by atoms with van der Waals surface area (Å²) < 4.78 is 57.9. The molecule has 1 fully saturated rings. The van der Waals surface area contributed by atoms with Crippen molar-refractivity contribution >= 4 is 17.9 Å². The number of ether oxygens (including phenoxy) is 3. The predicted molar refractivity (Wildman–Crippen MR) is 181 cm³/mol. The standard InChI is InChI=1S/C35H41F3N8O5/c1-19(2)46-17-25(35(36,37)38)44-31(46)22-10-8-20(9-11-22)15-39-29-23(16-40-33(48)51-34(3,4)5)24(14-26(47)49-6)43-30(45-29)27-28(21-12-13-21)41-18-42-32(27)50-7/h8-11,17-19,21H,12-16H2,1-7H3,(H,40,48)(H,39,43,45). The van der Waals surface area contributed by atoms with Crippen LogP contribution < -0.4 is 15.4 Å². The Morgan fingerprint density at radius 2 is 1.71 bits per heavy atom. The third-order valence-electron chi connectivity index (χ3n) is 7.91. The molecule has 3 heterocycles. The molecule has 1 aliphatic rings. The van der Waals surface area contributed by atoms with E-state index in [1.807, 2.05) is 0 Å². The fraction of sp³-hybridized carbons (Fsp3) is 0.457. The third kappa shape index (κ3) is 9.10. The maximum atomic E-state index is 13.5. The number of halogens is 3. The molecule has 51 heavy (non-hydrogen) atoms. The van der Waals surface area contributed by atoms with E-state index in [0.717, 1.165) is 30.3 Å². The molecule has 4 aromatic rings. The van der Waals surface area contributed by atoms with Crippen LogP contribution in [0.5, 0.6) is 5.88 Å². The number of esters is 1. The molecule has 13 nitrogen and oxygen atoms in total. The van der Waals surface area contributed by atoms with Gasteiger partial charge in [0.2, 0.25) is 5.88 Å². The average Bonchev–Trinajstić information content (AvgIpc) is 3.81. The van der Waals surface area contributed by atoms with Gasteiger partial charge in [0, 0.05) is 35.8 Å². The lowest BCUT2D eigenvalue weighted by molar-refractivity contribution is -0.141. The van der Waals surface area contributed by atoms with Gasteiger partial charge >= 0.3 is 18.2 Å². The number of hydrogen-bond acceptors (Lipinski definition) is 11. The van der Waals surface area contributed by atoms with E-state index in [1.165, 1.54) is 25.1 Å². The molecule has 3 aromatic heterocycles. The number of aromatic nitrogens is 6. The Kier molecular flexibility index (Phi) is 10.8. The van der Waals surface area contributed by atoms with Gasteiger partial charge in [0.25, 0.3) is 0 Å². The molecule has 0 saturated heterocycles. The van der Waals surface area contributed by atoms with Crippen LogP contribution in [0.15, 0.2) is 36.8 Å². The van der Waals surface area contributed by atoms with Crippen LogP contribution in [-0.4, -0.2) is 61.4 Å². The van der Waals surface area contributed by atoms with Crippen LogP contribution in [0, 0.1) is 0 Å². The number of methoxy groups -OCH3 is 2. The second-order valence-corrected chi connectivity index (χ2v) is 13.3. The summed E-state index contributed by atoms with van der Waals surface area (Å²) >= 11 is 0. The summed E-state index contributed by atoms with van der Waals surface area (Å²) in [5, 5.41) is 6.04. The first-order valence-corrected chi connectivity index (χ1v) is 16.4. The molecule has 0 bridgehead atoms. The number of nitrogens with one attached hydrogen (secondary N) is 2. The van der Waals surface area contributed by atoms with E-state index < -0.39 is 29.5 Å². The van der Waals surface area contributed by atoms with Crippen LogP contribution in [0.4, 0.5) is 23.8 Å². The van der Waals surface area contributed by atoms with Gasteiger partial charge in [-0.05, 0) is 53.0 Å². The van der Waals surface area contributed by atoms with Crippen LogP contribution in [0.25, 0.3) is 22.8 Å². The van der Waals surface area contributed by atoms with Gasteiger partial charge in [-0.3, -0.25) is 4.79 Å². The highest BCUT2D eigenvalue weighted by Gasteiger charge is 2.35. The zero-order chi connectivity index (χ0) is 37.1. The molecule has 2 N–H and O–H groups in total. The summed E-state index contributed by atoms with van der Waals surface area (Å²) in [4.78, 5) is 47.7. The molecule has 1 aromatic carbocycles. The van der Waals surface area contributed by atoms with Gasteiger partial charge in [-0.15, -0.1) is 0 Å². The SMILES string of the molecule is COC(=O)Cc1nc(-c2c(OC)ncnc2C2CC2)nc(NCc2ccc(-c3nc(C(F)(F)F)cn3C(C)C)cc2)c1CNC(=O)OC(C)(C)C. The Morgan fingerprint density at radius 1 is 1.00 bits per heavy atom. The monoisotopic (exact) mass is 710 g/mol. The van der Waals surface area contributed by atoms with Crippen LogP contribution in [0.2, 0.25) is 0 Å². The van der Waals surface area contributed by atoms with Gasteiger partial charge in [-0.2, -0.15) is 13.2 Å². The van der Waals surface area contributed by atoms with Crippen molar-refractivity contribution in [2.75, 3.05) is 19.5 Å². The van der Waals surface area contributed by atoms with Crippen molar-refractivity contribution in [1.29, 1.82) is 0 Å². The second-order valence-electron chi connectivity index (χ2n) is 13.3. The number of alkyl carbamates (subject to hydrolysis) is 1. The van der Waals surface area contributed by atoms with Crippen LogP contribution in [-0.2, 0) is 40.0 Å². The van der Waals surface area contributed by atoms with Crippen molar-refractivity contribution in [1.82, 2.24) is 34.8 Å². The van der Waals surface area contributed by atoms with E-state index in [1.54, 1.807) is 58.9 Å². The fourth-order valence-corrected chi connectivity index (χ4v) is 5.31. The fourth-order valence-electron chi connectivity index (χ4n) is 5.31. The normalized spacial score (nSPS) is 13.2. The first-order valence-electron chi connectivity index (χ1n) is 16.4. The molecule has 0 atom stereocenters. The maximum absolute atomic E-state index is 13.5. The molecular formula is C35H41F3N8O5. The van der Waals surface area contributed by atoms with Gasteiger partial charge in [-0.25, -0.2) is 29.7 Å². The number of nitrogens with zero attached hydrogens (tertiary/aromatic N) is 6. The molecule has 1 amide bonds. The first-order chi connectivity index (χ1) is 24.1. The van der Waals surface area contributed by atoms with Gasteiger partial charge in [0.1, 0.15) is 29.1 Å².